The highest BCUT2D eigenvalue weighted by atomic mass is 16.5. The van der Waals surface area contributed by atoms with Crippen molar-refractivity contribution in [3.63, 3.8) is 0 Å². The van der Waals surface area contributed by atoms with E-state index in [2.05, 4.69) is 26.2 Å². The molecule has 0 aromatic carbocycles. The molecule has 2 nitrogen and oxygen atoms in total. The third-order valence-corrected chi connectivity index (χ3v) is 6.83. The van der Waals surface area contributed by atoms with E-state index in [1.165, 1.54) is 57.8 Å². The van der Waals surface area contributed by atoms with Gasteiger partial charge in [0.05, 0.1) is 5.60 Å². The Kier molecular flexibility index (Phi) is 4.95. The van der Waals surface area contributed by atoms with E-state index in [0.29, 0.717) is 6.04 Å². The Hall–Kier alpha value is -0.0800. The normalized spacial score (nSPS) is 44.1. The average molecular weight is 293 g/mol. The molecular formula is C19H35NO. The van der Waals surface area contributed by atoms with Gasteiger partial charge in [0.25, 0.3) is 0 Å². The maximum absolute atomic E-state index is 6.42. The van der Waals surface area contributed by atoms with Crippen molar-refractivity contribution in [3.05, 3.63) is 0 Å². The van der Waals surface area contributed by atoms with Crippen molar-refractivity contribution < 1.29 is 4.74 Å². The molecule has 0 amide bonds. The lowest BCUT2D eigenvalue weighted by Gasteiger charge is -2.46. The van der Waals surface area contributed by atoms with E-state index in [1.54, 1.807) is 0 Å². The van der Waals surface area contributed by atoms with Gasteiger partial charge in [0.1, 0.15) is 0 Å². The summed E-state index contributed by atoms with van der Waals surface area (Å²) in [5, 5.41) is 3.68. The third-order valence-electron chi connectivity index (χ3n) is 6.83. The van der Waals surface area contributed by atoms with Gasteiger partial charge in [-0.05, 0) is 76.2 Å². The lowest BCUT2D eigenvalue weighted by atomic mass is 9.71. The summed E-state index contributed by atoms with van der Waals surface area (Å²) in [5.41, 5.74) is 0.114. The van der Waals surface area contributed by atoms with Gasteiger partial charge in [-0.1, -0.05) is 26.2 Å². The highest BCUT2D eigenvalue weighted by molar-refractivity contribution is 5.00. The highest BCUT2D eigenvalue weighted by Gasteiger charge is 2.46. The van der Waals surface area contributed by atoms with Crippen LogP contribution in [0.5, 0.6) is 0 Å². The van der Waals surface area contributed by atoms with Gasteiger partial charge in [-0.3, -0.25) is 0 Å². The van der Waals surface area contributed by atoms with Crippen molar-refractivity contribution in [1.29, 1.82) is 0 Å². The summed E-state index contributed by atoms with van der Waals surface area (Å²) in [6, 6.07) is 0.560. The van der Waals surface area contributed by atoms with E-state index >= 15 is 0 Å². The first-order valence-corrected chi connectivity index (χ1v) is 9.48. The van der Waals surface area contributed by atoms with E-state index in [0.717, 1.165) is 30.3 Å². The Labute approximate surface area is 131 Å². The van der Waals surface area contributed by atoms with Gasteiger partial charge in [-0.25, -0.2) is 0 Å². The standard InChI is InChI=1S/C19H35NO/c1-4-21-19(9-5-6-14(2)13-19)18(20-3)12-17-11-15-7-8-16(17)10-15/h14-18,20H,4-13H2,1-3H3. The smallest absolute Gasteiger partial charge is 0.0837 e. The van der Waals surface area contributed by atoms with Crippen molar-refractivity contribution in [2.45, 2.75) is 83.3 Å². The molecule has 3 aliphatic rings. The summed E-state index contributed by atoms with van der Waals surface area (Å²) in [4.78, 5) is 0. The number of likely N-dealkylation sites (N-methyl/N-ethyl adjacent to an activating group) is 1. The predicted octanol–water partition coefficient (Wildman–Crippen LogP) is 4.39. The van der Waals surface area contributed by atoms with Crippen LogP contribution in [0.4, 0.5) is 0 Å². The van der Waals surface area contributed by atoms with E-state index in [4.69, 9.17) is 4.74 Å². The van der Waals surface area contributed by atoms with Crippen LogP contribution in [0.15, 0.2) is 0 Å². The van der Waals surface area contributed by atoms with Crippen molar-refractivity contribution in [2.75, 3.05) is 13.7 Å². The molecule has 1 N–H and O–H groups in total. The Bertz CT molecular complexity index is 340. The van der Waals surface area contributed by atoms with Crippen LogP contribution < -0.4 is 5.32 Å². The summed E-state index contributed by atoms with van der Waals surface area (Å²) in [6.07, 6.45) is 12.6. The van der Waals surface area contributed by atoms with Gasteiger partial charge in [-0.15, -0.1) is 0 Å². The van der Waals surface area contributed by atoms with Gasteiger partial charge in [0.2, 0.25) is 0 Å². The second kappa shape index (κ2) is 6.58. The number of nitrogens with one attached hydrogen (secondary N) is 1. The van der Waals surface area contributed by atoms with Gasteiger partial charge < -0.3 is 10.1 Å². The molecule has 0 saturated heterocycles. The van der Waals surface area contributed by atoms with E-state index < -0.39 is 0 Å². The van der Waals surface area contributed by atoms with Crippen molar-refractivity contribution >= 4 is 0 Å². The maximum Gasteiger partial charge on any atom is 0.0837 e. The minimum Gasteiger partial charge on any atom is -0.374 e. The molecule has 3 rings (SSSR count). The molecule has 3 saturated carbocycles. The summed E-state index contributed by atoms with van der Waals surface area (Å²) >= 11 is 0. The quantitative estimate of drug-likeness (QED) is 0.784. The maximum atomic E-state index is 6.42. The van der Waals surface area contributed by atoms with Crippen LogP contribution >= 0.6 is 0 Å². The second-order valence-corrected chi connectivity index (χ2v) is 8.21. The number of ether oxygens (including phenoxy) is 1. The summed E-state index contributed by atoms with van der Waals surface area (Å²) < 4.78 is 6.42. The molecule has 0 aromatic heterocycles. The molecule has 6 atom stereocenters. The van der Waals surface area contributed by atoms with Gasteiger partial charge in [0, 0.05) is 12.6 Å². The lowest BCUT2D eigenvalue weighted by molar-refractivity contribution is -0.104. The van der Waals surface area contributed by atoms with Crippen LogP contribution in [0.2, 0.25) is 0 Å². The second-order valence-electron chi connectivity index (χ2n) is 8.21. The predicted molar refractivity (Wildman–Crippen MR) is 88.4 cm³/mol. The molecule has 0 aromatic rings. The number of fused-ring (bicyclic) bond motifs is 2. The minimum atomic E-state index is 0.114. The lowest BCUT2D eigenvalue weighted by Crippen LogP contribution is -2.54. The molecule has 2 bridgehead atoms. The topological polar surface area (TPSA) is 21.3 Å². The Balaban J connectivity index is 1.69. The Morgan fingerprint density at radius 1 is 1.24 bits per heavy atom. The first-order chi connectivity index (χ1) is 10.2. The number of hydrogen-bond acceptors (Lipinski definition) is 2. The molecule has 2 heteroatoms. The molecule has 0 aliphatic heterocycles. The molecular weight excluding hydrogens is 258 g/mol. The first kappa shape index (κ1) is 15.8. The average Bonchev–Trinajstić information content (AvgIpc) is 3.07. The van der Waals surface area contributed by atoms with Crippen LogP contribution in [-0.4, -0.2) is 25.3 Å². The van der Waals surface area contributed by atoms with Crippen LogP contribution in [0.25, 0.3) is 0 Å². The van der Waals surface area contributed by atoms with Crippen LogP contribution in [0.3, 0.4) is 0 Å². The third kappa shape index (κ3) is 3.17. The fraction of sp³-hybridized carbons (Fsp3) is 1.00. The molecule has 6 unspecified atom stereocenters. The van der Waals surface area contributed by atoms with Crippen molar-refractivity contribution in [1.82, 2.24) is 5.32 Å². The Morgan fingerprint density at radius 3 is 2.67 bits per heavy atom. The van der Waals surface area contributed by atoms with Gasteiger partial charge in [-0.2, -0.15) is 0 Å². The van der Waals surface area contributed by atoms with Crippen LogP contribution in [0.1, 0.15) is 71.6 Å². The van der Waals surface area contributed by atoms with Crippen LogP contribution in [0, 0.1) is 23.7 Å². The molecule has 21 heavy (non-hydrogen) atoms. The molecule has 0 radical (unpaired) electrons. The monoisotopic (exact) mass is 293 g/mol. The van der Waals surface area contributed by atoms with E-state index in [9.17, 15) is 0 Å². The summed E-state index contributed by atoms with van der Waals surface area (Å²) in [5.74, 6) is 3.88. The fourth-order valence-corrected chi connectivity index (χ4v) is 5.94. The van der Waals surface area contributed by atoms with Crippen LogP contribution in [-0.2, 0) is 4.74 Å². The SMILES string of the molecule is CCOC1(C(CC2CC3CCC2C3)NC)CCCC(C)C1. The minimum absolute atomic E-state index is 0.114. The van der Waals surface area contributed by atoms with Crippen molar-refractivity contribution in [3.8, 4) is 0 Å². The summed E-state index contributed by atoms with van der Waals surface area (Å²) in [6.45, 7) is 5.45. The van der Waals surface area contributed by atoms with E-state index in [1.807, 2.05) is 0 Å². The molecule has 0 heterocycles. The van der Waals surface area contributed by atoms with E-state index in [-0.39, 0.29) is 5.60 Å². The number of hydrogen-bond donors (Lipinski definition) is 1. The molecule has 0 spiro atoms. The van der Waals surface area contributed by atoms with Crippen molar-refractivity contribution in [2.24, 2.45) is 23.7 Å². The molecule has 3 aliphatic carbocycles. The fourth-order valence-electron chi connectivity index (χ4n) is 5.94. The molecule has 3 fully saturated rings. The van der Waals surface area contributed by atoms with Gasteiger partial charge in [0.15, 0.2) is 0 Å². The van der Waals surface area contributed by atoms with Gasteiger partial charge >= 0.3 is 0 Å². The highest BCUT2D eigenvalue weighted by Crippen LogP contribution is 2.51. The summed E-state index contributed by atoms with van der Waals surface area (Å²) in [7, 11) is 2.16. The number of rotatable bonds is 6. The first-order valence-electron chi connectivity index (χ1n) is 9.48. The zero-order valence-electron chi connectivity index (χ0n) is 14.4. The zero-order chi connectivity index (χ0) is 14.9. The molecule has 122 valence electrons. The zero-order valence-corrected chi connectivity index (χ0v) is 14.4. The Morgan fingerprint density at radius 2 is 2.10 bits per heavy atom. The largest absolute Gasteiger partial charge is 0.374 e.